The Hall–Kier alpha value is -3.25. The van der Waals surface area contributed by atoms with Gasteiger partial charge in [-0.15, -0.1) is 0 Å². The number of pyridine rings is 1. The lowest BCUT2D eigenvalue weighted by atomic mass is 9.88. The molecule has 1 saturated heterocycles. The van der Waals surface area contributed by atoms with Crippen LogP contribution in [0.15, 0.2) is 24.3 Å². The Morgan fingerprint density at radius 1 is 1.24 bits per heavy atom. The van der Waals surface area contributed by atoms with E-state index in [9.17, 15) is 18.4 Å². The molecule has 176 valence electrons. The highest BCUT2D eigenvalue weighted by Crippen LogP contribution is 2.49. The Bertz CT molecular complexity index is 1290. The maximum Gasteiger partial charge on any atom is 0.266 e. The van der Waals surface area contributed by atoms with Crippen LogP contribution in [-0.4, -0.2) is 40.0 Å². The normalized spacial score (nSPS) is 17.6. The van der Waals surface area contributed by atoms with Crippen molar-refractivity contribution in [2.24, 2.45) is 5.92 Å². The summed E-state index contributed by atoms with van der Waals surface area (Å²) in [5, 5.41) is 13.6. The van der Waals surface area contributed by atoms with E-state index in [1.807, 2.05) is 6.07 Å². The number of alkyl halides is 2. The maximum absolute atomic E-state index is 14.5. The van der Waals surface area contributed by atoms with E-state index in [0.29, 0.717) is 28.6 Å². The van der Waals surface area contributed by atoms with Crippen LogP contribution in [0.3, 0.4) is 0 Å². The summed E-state index contributed by atoms with van der Waals surface area (Å²) in [6.07, 6.45) is -0.523. The first-order chi connectivity index (χ1) is 16.3. The highest BCUT2D eigenvalue weighted by molar-refractivity contribution is 5.87. The summed E-state index contributed by atoms with van der Waals surface area (Å²) in [6.45, 7) is 3.72. The van der Waals surface area contributed by atoms with Gasteiger partial charge in [-0.05, 0) is 50.8 Å². The number of anilines is 1. The molecule has 0 amide bonds. The topological polar surface area (TPSA) is 77.7 Å². The van der Waals surface area contributed by atoms with Crippen LogP contribution in [0.5, 0.6) is 0 Å². The molecule has 0 atom stereocenters. The molecule has 1 aliphatic carbocycles. The molecule has 0 bridgehead atoms. The monoisotopic (exact) mass is 466 g/mol. The summed E-state index contributed by atoms with van der Waals surface area (Å²) < 4.78 is 40.7. The number of benzene rings is 1. The van der Waals surface area contributed by atoms with Gasteiger partial charge >= 0.3 is 0 Å². The van der Waals surface area contributed by atoms with Gasteiger partial charge in [-0.2, -0.15) is 5.26 Å². The Morgan fingerprint density at radius 3 is 2.65 bits per heavy atom. The summed E-state index contributed by atoms with van der Waals surface area (Å²) >= 11 is 0. The van der Waals surface area contributed by atoms with Gasteiger partial charge in [-0.1, -0.05) is 18.2 Å². The summed E-state index contributed by atoms with van der Waals surface area (Å²) in [4.78, 5) is 16.1. The number of likely N-dealkylation sites (tertiary alicyclic amines) is 1. The minimum atomic E-state index is -2.89. The minimum absolute atomic E-state index is 0.0210. The van der Waals surface area contributed by atoms with Crippen molar-refractivity contribution in [3.63, 3.8) is 0 Å². The fourth-order valence-electron chi connectivity index (χ4n) is 4.79. The molecule has 2 fully saturated rings. The fourth-order valence-corrected chi connectivity index (χ4v) is 4.79. The lowest BCUT2D eigenvalue weighted by molar-refractivity contribution is 0.133. The highest BCUT2D eigenvalue weighted by Gasteiger charge is 2.47. The third kappa shape index (κ3) is 4.07. The first-order valence-corrected chi connectivity index (χ1v) is 11.4. The largest absolute Gasteiger partial charge is 0.365 e. The van der Waals surface area contributed by atoms with Gasteiger partial charge in [0, 0.05) is 30.9 Å². The van der Waals surface area contributed by atoms with Crippen molar-refractivity contribution in [2.45, 2.75) is 44.6 Å². The second kappa shape index (κ2) is 8.51. The molecule has 3 heterocycles. The lowest BCUT2D eigenvalue weighted by Gasteiger charge is -2.36. The van der Waals surface area contributed by atoms with Crippen molar-refractivity contribution in [2.75, 3.05) is 25.5 Å². The molecule has 3 aromatic rings. The molecule has 0 spiro atoms. The molecule has 9 heteroatoms. The van der Waals surface area contributed by atoms with E-state index < -0.39 is 23.2 Å². The molecular weight excluding hydrogens is 441 g/mol. The van der Waals surface area contributed by atoms with E-state index in [0.717, 1.165) is 49.7 Å². The Morgan fingerprint density at radius 2 is 2.00 bits per heavy atom. The average Bonchev–Trinajstić information content (AvgIpc) is 3.57. The third-order valence-corrected chi connectivity index (χ3v) is 6.77. The van der Waals surface area contributed by atoms with Gasteiger partial charge in [0.2, 0.25) is 0 Å². The number of hydrogen-bond donors (Lipinski definition) is 1. The van der Waals surface area contributed by atoms with Crippen LogP contribution in [0.2, 0.25) is 0 Å². The quantitative estimate of drug-likeness (QED) is 0.545. The number of hydrogen-bond acceptors (Lipinski definition) is 6. The number of halogens is 3. The van der Waals surface area contributed by atoms with Crippen molar-refractivity contribution < 1.29 is 13.2 Å². The van der Waals surface area contributed by atoms with Gasteiger partial charge < -0.3 is 10.2 Å². The zero-order chi connectivity index (χ0) is 24.0. The van der Waals surface area contributed by atoms with E-state index >= 15 is 0 Å². The van der Waals surface area contributed by atoms with E-state index in [1.165, 1.54) is 12.1 Å². The van der Waals surface area contributed by atoms with Gasteiger partial charge in [0.05, 0.1) is 22.4 Å². The number of rotatable bonds is 7. The van der Waals surface area contributed by atoms with Gasteiger partial charge in [-0.3, -0.25) is 0 Å². The molecule has 5 rings (SSSR count). The first-order valence-electron chi connectivity index (χ1n) is 11.4. The lowest BCUT2D eigenvalue weighted by Crippen LogP contribution is -2.44. The number of nitrogens with one attached hydrogen (secondary N) is 1. The molecule has 1 N–H and O–H groups in total. The predicted octanol–water partition coefficient (Wildman–Crippen LogP) is 4.68. The van der Waals surface area contributed by atoms with E-state index in [1.54, 1.807) is 6.92 Å². The van der Waals surface area contributed by atoms with Crippen molar-refractivity contribution in [3.05, 3.63) is 58.3 Å². The van der Waals surface area contributed by atoms with Crippen LogP contribution < -0.4 is 5.32 Å². The van der Waals surface area contributed by atoms with Crippen molar-refractivity contribution >= 4 is 16.9 Å². The standard InChI is InChI=1S/C25H25F3N6/c1-14-31-23(30-10-16-4-3-5-17(21(16)26)22(27)28)18-9-19(25(13-29)6-7-25)20(33-24(18)32-14)8-15-11-34(2)12-15/h3-5,9,15,22H,6-8,10-12H2,1-2H3,(H,30,31,32,33). The van der Waals surface area contributed by atoms with Crippen LogP contribution in [0.1, 0.15) is 47.5 Å². The smallest absolute Gasteiger partial charge is 0.266 e. The summed E-state index contributed by atoms with van der Waals surface area (Å²) in [5.41, 5.74) is 1.30. The highest BCUT2D eigenvalue weighted by atomic mass is 19.3. The van der Waals surface area contributed by atoms with Crippen LogP contribution in [-0.2, 0) is 18.4 Å². The van der Waals surface area contributed by atoms with Crippen LogP contribution >= 0.6 is 0 Å². The van der Waals surface area contributed by atoms with E-state index in [-0.39, 0.29) is 12.1 Å². The summed E-state index contributed by atoms with van der Waals surface area (Å²) in [5.74, 6) is 0.511. The van der Waals surface area contributed by atoms with Crippen molar-refractivity contribution in [3.8, 4) is 6.07 Å². The maximum atomic E-state index is 14.5. The van der Waals surface area contributed by atoms with Crippen molar-refractivity contribution in [1.29, 1.82) is 5.26 Å². The van der Waals surface area contributed by atoms with Crippen LogP contribution in [0, 0.1) is 30.0 Å². The molecule has 1 aromatic carbocycles. The van der Waals surface area contributed by atoms with Gasteiger partial charge in [0.1, 0.15) is 17.5 Å². The number of nitriles is 1. The van der Waals surface area contributed by atoms with Crippen LogP contribution in [0.25, 0.3) is 11.0 Å². The molecule has 34 heavy (non-hydrogen) atoms. The van der Waals surface area contributed by atoms with Crippen LogP contribution in [0.4, 0.5) is 19.0 Å². The molecule has 1 saturated carbocycles. The van der Waals surface area contributed by atoms with Gasteiger partial charge in [0.15, 0.2) is 5.65 Å². The van der Waals surface area contributed by atoms with Gasteiger partial charge in [-0.25, -0.2) is 28.1 Å². The number of aryl methyl sites for hydroxylation is 1. The number of fused-ring (bicyclic) bond motifs is 1. The molecule has 6 nitrogen and oxygen atoms in total. The fraction of sp³-hybridized carbons (Fsp3) is 0.440. The number of aromatic nitrogens is 3. The second-order valence-corrected chi connectivity index (χ2v) is 9.43. The molecule has 1 aliphatic heterocycles. The first kappa shape index (κ1) is 22.5. The zero-order valence-electron chi connectivity index (χ0n) is 19.1. The van der Waals surface area contributed by atoms with E-state index in [2.05, 4.69) is 33.3 Å². The number of nitrogens with zero attached hydrogens (tertiary/aromatic N) is 5. The zero-order valence-corrected chi connectivity index (χ0v) is 19.1. The average molecular weight is 467 g/mol. The predicted molar refractivity (Wildman–Crippen MR) is 122 cm³/mol. The molecular formula is C25H25F3N6. The molecule has 2 aromatic heterocycles. The Balaban J connectivity index is 1.52. The third-order valence-electron chi connectivity index (χ3n) is 6.77. The minimum Gasteiger partial charge on any atom is -0.365 e. The molecule has 2 aliphatic rings. The molecule has 0 radical (unpaired) electrons. The second-order valence-electron chi connectivity index (χ2n) is 9.43. The summed E-state index contributed by atoms with van der Waals surface area (Å²) in [7, 11) is 2.08. The SMILES string of the molecule is Cc1nc(NCc2cccc(C(F)F)c2F)c2cc(C3(C#N)CC3)c(CC3CN(C)C3)nc2n1. The molecule has 0 unspecified atom stereocenters. The van der Waals surface area contributed by atoms with E-state index in [4.69, 9.17) is 4.98 Å². The van der Waals surface area contributed by atoms with Crippen molar-refractivity contribution in [1.82, 2.24) is 19.9 Å². The summed E-state index contributed by atoms with van der Waals surface area (Å²) in [6, 6.07) is 8.39. The van der Waals surface area contributed by atoms with Gasteiger partial charge in [0.25, 0.3) is 6.43 Å². The Kier molecular flexibility index (Phi) is 5.64. The Labute approximate surface area is 195 Å².